The van der Waals surface area contributed by atoms with Gasteiger partial charge in [-0.1, -0.05) is 27.2 Å². The van der Waals surface area contributed by atoms with Gasteiger partial charge in [0.05, 0.1) is 6.10 Å². The largest absolute Gasteiger partial charge is 0.381 e. The molecule has 3 N–H and O–H groups in total. The molecular weight excluding hydrogens is 200 g/mol. The van der Waals surface area contributed by atoms with Crippen molar-refractivity contribution in [2.24, 2.45) is 11.1 Å². The van der Waals surface area contributed by atoms with E-state index in [-0.39, 0.29) is 5.41 Å². The summed E-state index contributed by atoms with van der Waals surface area (Å²) in [5.74, 6) is 0. The molecule has 3 unspecified atom stereocenters. The van der Waals surface area contributed by atoms with Crippen LogP contribution >= 0.6 is 0 Å². The van der Waals surface area contributed by atoms with Crippen LogP contribution in [0.5, 0.6) is 0 Å². The Morgan fingerprint density at radius 3 is 2.62 bits per heavy atom. The van der Waals surface area contributed by atoms with Gasteiger partial charge in [0.25, 0.3) is 0 Å². The molecule has 0 radical (unpaired) electrons. The zero-order chi connectivity index (χ0) is 12.2. The van der Waals surface area contributed by atoms with Crippen LogP contribution in [0.4, 0.5) is 0 Å². The van der Waals surface area contributed by atoms with Gasteiger partial charge in [0.15, 0.2) is 0 Å². The molecule has 0 aromatic rings. The van der Waals surface area contributed by atoms with E-state index in [1.807, 2.05) is 0 Å². The van der Waals surface area contributed by atoms with Gasteiger partial charge in [0.1, 0.15) is 0 Å². The summed E-state index contributed by atoms with van der Waals surface area (Å²) in [6.45, 7) is 7.76. The number of hydrogen-bond donors (Lipinski definition) is 2. The monoisotopic (exact) mass is 228 g/mol. The predicted octanol–water partition coefficient (Wildman–Crippen LogP) is 1.91. The quantitative estimate of drug-likeness (QED) is 0.700. The van der Waals surface area contributed by atoms with E-state index in [4.69, 9.17) is 10.5 Å². The lowest BCUT2D eigenvalue weighted by Gasteiger charge is -2.51. The third-order valence-corrected chi connectivity index (χ3v) is 4.03. The minimum atomic E-state index is 0.267. The highest BCUT2D eigenvalue weighted by atomic mass is 16.5. The van der Waals surface area contributed by atoms with E-state index in [2.05, 4.69) is 26.1 Å². The number of hydrogen-bond acceptors (Lipinski definition) is 3. The lowest BCUT2D eigenvalue weighted by molar-refractivity contribution is -0.0973. The molecule has 0 aliphatic heterocycles. The van der Waals surface area contributed by atoms with E-state index in [0.717, 1.165) is 25.8 Å². The standard InChI is InChI=1S/C13H28N2O/c1-5-6-10(14)7-8-15-11-9-12(16-4)13(11,2)3/h10-12,15H,5-9,14H2,1-4H3. The average Bonchev–Trinajstić information content (AvgIpc) is 2.22. The first-order valence-electron chi connectivity index (χ1n) is 6.54. The molecule has 1 fully saturated rings. The van der Waals surface area contributed by atoms with Crippen LogP contribution in [0.15, 0.2) is 0 Å². The third-order valence-electron chi connectivity index (χ3n) is 4.03. The van der Waals surface area contributed by atoms with Crippen LogP contribution < -0.4 is 11.1 Å². The van der Waals surface area contributed by atoms with Gasteiger partial charge < -0.3 is 15.8 Å². The molecule has 16 heavy (non-hydrogen) atoms. The average molecular weight is 228 g/mol. The fourth-order valence-corrected chi connectivity index (χ4v) is 2.59. The smallest absolute Gasteiger partial charge is 0.0652 e. The summed E-state index contributed by atoms with van der Waals surface area (Å²) in [7, 11) is 1.81. The number of nitrogens with two attached hydrogens (primary N) is 1. The van der Waals surface area contributed by atoms with Crippen molar-refractivity contribution in [3.63, 3.8) is 0 Å². The van der Waals surface area contributed by atoms with Crippen molar-refractivity contribution in [3.05, 3.63) is 0 Å². The van der Waals surface area contributed by atoms with Gasteiger partial charge >= 0.3 is 0 Å². The SMILES string of the molecule is CCCC(N)CCNC1CC(OC)C1(C)C. The molecule has 1 aliphatic rings. The Hall–Kier alpha value is -0.120. The van der Waals surface area contributed by atoms with Crippen LogP contribution in [-0.2, 0) is 4.74 Å². The number of ether oxygens (including phenoxy) is 1. The highest BCUT2D eigenvalue weighted by Crippen LogP contribution is 2.42. The molecule has 0 spiro atoms. The lowest BCUT2D eigenvalue weighted by Crippen LogP contribution is -2.60. The van der Waals surface area contributed by atoms with E-state index < -0.39 is 0 Å². The van der Waals surface area contributed by atoms with Crippen LogP contribution in [0, 0.1) is 5.41 Å². The van der Waals surface area contributed by atoms with Gasteiger partial charge in [-0.05, 0) is 25.8 Å². The summed E-state index contributed by atoms with van der Waals surface area (Å²) in [6.07, 6.45) is 4.94. The molecule has 1 aliphatic carbocycles. The minimum absolute atomic E-state index is 0.267. The highest BCUT2D eigenvalue weighted by Gasteiger charge is 2.47. The normalized spacial score (nSPS) is 29.8. The second kappa shape index (κ2) is 5.99. The van der Waals surface area contributed by atoms with Crippen molar-refractivity contribution in [1.29, 1.82) is 0 Å². The van der Waals surface area contributed by atoms with Crippen molar-refractivity contribution in [3.8, 4) is 0 Å². The van der Waals surface area contributed by atoms with Gasteiger partial charge in [-0.15, -0.1) is 0 Å². The Morgan fingerprint density at radius 1 is 1.44 bits per heavy atom. The molecule has 1 rings (SSSR count). The van der Waals surface area contributed by atoms with Crippen LogP contribution in [-0.4, -0.2) is 31.8 Å². The summed E-state index contributed by atoms with van der Waals surface area (Å²) in [6, 6.07) is 0.949. The van der Waals surface area contributed by atoms with E-state index in [9.17, 15) is 0 Å². The van der Waals surface area contributed by atoms with E-state index in [1.165, 1.54) is 6.42 Å². The summed E-state index contributed by atoms with van der Waals surface area (Å²) in [5, 5.41) is 3.60. The van der Waals surface area contributed by atoms with Gasteiger partial charge in [-0.25, -0.2) is 0 Å². The van der Waals surface area contributed by atoms with E-state index in [1.54, 1.807) is 7.11 Å². The van der Waals surface area contributed by atoms with Crippen LogP contribution in [0.25, 0.3) is 0 Å². The van der Waals surface area contributed by atoms with Crippen LogP contribution in [0.3, 0.4) is 0 Å². The Balaban J connectivity index is 2.16. The van der Waals surface area contributed by atoms with Crippen molar-refractivity contribution in [1.82, 2.24) is 5.32 Å². The summed E-state index contributed by atoms with van der Waals surface area (Å²) in [5.41, 5.74) is 6.25. The molecule has 3 nitrogen and oxygen atoms in total. The van der Waals surface area contributed by atoms with Gasteiger partial charge in [-0.3, -0.25) is 0 Å². The highest BCUT2D eigenvalue weighted by molar-refractivity contribution is 5.02. The number of nitrogens with one attached hydrogen (secondary N) is 1. The molecule has 0 amide bonds. The van der Waals surface area contributed by atoms with Gasteiger partial charge in [-0.2, -0.15) is 0 Å². The first-order chi connectivity index (χ1) is 7.52. The first kappa shape index (κ1) is 13.9. The molecule has 0 aromatic carbocycles. The van der Waals surface area contributed by atoms with Gasteiger partial charge in [0.2, 0.25) is 0 Å². The first-order valence-corrected chi connectivity index (χ1v) is 6.54. The topological polar surface area (TPSA) is 47.3 Å². The predicted molar refractivity (Wildman–Crippen MR) is 68.5 cm³/mol. The molecule has 0 bridgehead atoms. The number of rotatable bonds is 7. The van der Waals surface area contributed by atoms with E-state index >= 15 is 0 Å². The lowest BCUT2D eigenvalue weighted by atomic mass is 9.64. The zero-order valence-corrected chi connectivity index (χ0v) is 11.3. The molecule has 0 heterocycles. The maximum atomic E-state index is 5.99. The maximum absolute atomic E-state index is 5.99. The summed E-state index contributed by atoms with van der Waals surface area (Å²) < 4.78 is 5.43. The zero-order valence-electron chi connectivity index (χ0n) is 11.3. The molecule has 96 valence electrons. The van der Waals surface area contributed by atoms with E-state index in [0.29, 0.717) is 18.2 Å². The number of methoxy groups -OCH3 is 1. The molecule has 0 aromatic heterocycles. The maximum Gasteiger partial charge on any atom is 0.0652 e. The second-order valence-corrected chi connectivity index (χ2v) is 5.63. The van der Waals surface area contributed by atoms with Crippen LogP contribution in [0.1, 0.15) is 46.5 Å². The molecule has 3 atom stereocenters. The third kappa shape index (κ3) is 3.19. The fourth-order valence-electron chi connectivity index (χ4n) is 2.59. The van der Waals surface area contributed by atoms with Crippen molar-refractivity contribution >= 4 is 0 Å². The molecule has 3 heteroatoms. The van der Waals surface area contributed by atoms with Crippen molar-refractivity contribution < 1.29 is 4.74 Å². The Morgan fingerprint density at radius 2 is 2.12 bits per heavy atom. The minimum Gasteiger partial charge on any atom is -0.381 e. The molecular formula is C13H28N2O. The Labute approximate surface area is 100 Å². The van der Waals surface area contributed by atoms with Crippen LogP contribution in [0.2, 0.25) is 0 Å². The van der Waals surface area contributed by atoms with Crippen molar-refractivity contribution in [2.45, 2.75) is 64.6 Å². The second-order valence-electron chi connectivity index (χ2n) is 5.63. The summed E-state index contributed by atoms with van der Waals surface area (Å²) in [4.78, 5) is 0. The van der Waals surface area contributed by atoms with Crippen molar-refractivity contribution in [2.75, 3.05) is 13.7 Å². The molecule has 1 saturated carbocycles. The Kier molecular flexibility index (Phi) is 5.22. The Bertz CT molecular complexity index is 206. The summed E-state index contributed by atoms with van der Waals surface area (Å²) >= 11 is 0. The fraction of sp³-hybridized carbons (Fsp3) is 1.00. The van der Waals surface area contributed by atoms with Gasteiger partial charge in [0, 0.05) is 24.6 Å². The molecule has 0 saturated heterocycles.